The molecule has 0 aliphatic heterocycles. The minimum absolute atomic E-state index is 0. The van der Waals surface area contributed by atoms with E-state index in [-0.39, 0.29) is 8.33 Å². The van der Waals surface area contributed by atoms with Crippen molar-refractivity contribution in [2.45, 2.75) is 98.8 Å². The van der Waals surface area contributed by atoms with Gasteiger partial charge in [-0.15, -0.1) is 6.58 Å². The zero-order chi connectivity index (χ0) is 18.4. The lowest BCUT2D eigenvalue weighted by molar-refractivity contribution is 0.135. The zero-order valence-electron chi connectivity index (χ0n) is 18.5. The molecule has 2 fully saturated rings. The summed E-state index contributed by atoms with van der Waals surface area (Å²) in [5.41, 5.74) is 0. The van der Waals surface area contributed by atoms with Crippen molar-refractivity contribution < 1.29 is 8.33 Å². The summed E-state index contributed by atoms with van der Waals surface area (Å²) in [5, 5.41) is 0. The SMILES string of the molecule is C=CC1CCC(C2CCCC(C(CC)C(C)C(C)C(C)C)CC2)CC1.O.[HH].[HH]. The summed E-state index contributed by atoms with van der Waals surface area (Å²) in [4.78, 5) is 0. The van der Waals surface area contributed by atoms with Crippen LogP contribution in [-0.2, 0) is 0 Å². The third-order valence-corrected chi connectivity index (χ3v) is 8.51. The van der Waals surface area contributed by atoms with Gasteiger partial charge in [0.1, 0.15) is 0 Å². The van der Waals surface area contributed by atoms with Crippen LogP contribution in [0.15, 0.2) is 12.7 Å². The van der Waals surface area contributed by atoms with Crippen LogP contribution in [0.3, 0.4) is 0 Å². The Balaban J connectivity index is 0. The van der Waals surface area contributed by atoms with Crippen LogP contribution in [0.1, 0.15) is 102 Å². The van der Waals surface area contributed by atoms with Crippen molar-refractivity contribution in [2.75, 3.05) is 0 Å². The first kappa shape index (κ1) is 23.7. The highest BCUT2D eigenvalue weighted by atomic mass is 16.0. The molecule has 0 bridgehead atoms. The summed E-state index contributed by atoms with van der Waals surface area (Å²) in [6, 6.07) is 0. The van der Waals surface area contributed by atoms with Crippen LogP contribution in [-0.4, -0.2) is 5.48 Å². The first-order chi connectivity index (χ1) is 12.0. The van der Waals surface area contributed by atoms with Gasteiger partial charge in [0.05, 0.1) is 0 Å². The number of hydrogen-bond donors (Lipinski definition) is 0. The summed E-state index contributed by atoms with van der Waals surface area (Å²) in [5.74, 6) is 7.39. The summed E-state index contributed by atoms with van der Waals surface area (Å²) in [6.45, 7) is 16.3. The normalized spacial score (nSPS) is 33.6. The van der Waals surface area contributed by atoms with Crippen LogP contribution in [0.2, 0.25) is 0 Å². The molecule has 0 saturated heterocycles. The van der Waals surface area contributed by atoms with Gasteiger partial charge in [0, 0.05) is 2.85 Å². The fraction of sp³-hybridized carbons (Fsp3) is 0.920. The monoisotopic (exact) mass is 368 g/mol. The first-order valence-electron chi connectivity index (χ1n) is 11.6. The van der Waals surface area contributed by atoms with Crippen molar-refractivity contribution in [3.63, 3.8) is 0 Å². The third kappa shape index (κ3) is 6.11. The molecule has 1 nitrogen and oxygen atoms in total. The van der Waals surface area contributed by atoms with Gasteiger partial charge in [-0.1, -0.05) is 66.4 Å². The lowest BCUT2D eigenvalue weighted by Crippen LogP contribution is -2.28. The minimum atomic E-state index is 0. The Kier molecular flexibility index (Phi) is 10.5. The molecule has 0 heterocycles. The van der Waals surface area contributed by atoms with Gasteiger partial charge in [-0.25, -0.2) is 0 Å². The van der Waals surface area contributed by atoms with Crippen molar-refractivity contribution >= 4 is 0 Å². The number of rotatable bonds is 7. The fourth-order valence-electron chi connectivity index (χ4n) is 6.24. The molecule has 0 aromatic heterocycles. The van der Waals surface area contributed by atoms with E-state index in [4.69, 9.17) is 0 Å². The molecule has 26 heavy (non-hydrogen) atoms. The molecule has 5 atom stereocenters. The maximum atomic E-state index is 4.02. The summed E-state index contributed by atoms with van der Waals surface area (Å²) in [7, 11) is 0. The molecule has 158 valence electrons. The zero-order valence-corrected chi connectivity index (χ0v) is 18.5. The minimum Gasteiger partial charge on any atom is -0.412 e. The third-order valence-electron chi connectivity index (χ3n) is 8.51. The van der Waals surface area contributed by atoms with E-state index in [9.17, 15) is 0 Å². The molecule has 0 aromatic rings. The predicted molar refractivity (Wildman–Crippen MR) is 120 cm³/mol. The van der Waals surface area contributed by atoms with Gasteiger partial charge in [-0.2, -0.15) is 0 Å². The Labute approximate surface area is 167 Å². The van der Waals surface area contributed by atoms with E-state index in [0.29, 0.717) is 0 Å². The Hall–Kier alpha value is -0.300. The number of allylic oxidation sites excluding steroid dienone is 1. The van der Waals surface area contributed by atoms with Crippen molar-refractivity contribution in [1.82, 2.24) is 0 Å². The molecule has 2 N–H and O–H groups in total. The Bertz CT molecular complexity index is 390. The molecule has 5 unspecified atom stereocenters. The van der Waals surface area contributed by atoms with Crippen molar-refractivity contribution in [3.8, 4) is 0 Å². The van der Waals surface area contributed by atoms with Crippen LogP contribution >= 0.6 is 0 Å². The maximum absolute atomic E-state index is 4.02. The van der Waals surface area contributed by atoms with Gasteiger partial charge < -0.3 is 5.48 Å². The van der Waals surface area contributed by atoms with Crippen LogP contribution in [0, 0.1) is 47.3 Å². The molecular weight excluding hydrogens is 316 g/mol. The van der Waals surface area contributed by atoms with Gasteiger partial charge in [-0.05, 0) is 85.9 Å². The smallest absolute Gasteiger partial charge is 0 e. The first-order valence-corrected chi connectivity index (χ1v) is 11.6. The molecule has 2 rings (SSSR count). The van der Waals surface area contributed by atoms with Gasteiger partial charge in [0.25, 0.3) is 0 Å². The van der Waals surface area contributed by atoms with E-state index in [1.54, 1.807) is 0 Å². The predicted octanol–water partition coefficient (Wildman–Crippen LogP) is 7.80. The standard InChI is InChI=1S/C25H46.H2O.2H2/c1-7-21-12-14-23(15-13-21)22-10-9-11-24(17-16-22)25(8-2)20(6)19(5)18(3)4;;;/h7,18-25H,1,8-17H2,2-6H3;1H2;2*1H. The van der Waals surface area contributed by atoms with Gasteiger partial charge in [0.2, 0.25) is 0 Å². The molecule has 2 aliphatic carbocycles. The van der Waals surface area contributed by atoms with E-state index in [1.807, 2.05) is 0 Å². The molecule has 0 amide bonds. The van der Waals surface area contributed by atoms with Crippen molar-refractivity contribution in [1.29, 1.82) is 0 Å². The Morgan fingerprint density at radius 2 is 1.42 bits per heavy atom. The lowest BCUT2D eigenvalue weighted by Gasteiger charge is -2.36. The highest BCUT2D eigenvalue weighted by molar-refractivity contribution is 4.88. The Morgan fingerprint density at radius 1 is 0.846 bits per heavy atom. The Morgan fingerprint density at radius 3 is 1.96 bits per heavy atom. The van der Waals surface area contributed by atoms with Crippen LogP contribution < -0.4 is 0 Å². The van der Waals surface area contributed by atoms with Crippen molar-refractivity contribution in [2.24, 2.45) is 47.3 Å². The molecule has 0 aromatic carbocycles. The van der Waals surface area contributed by atoms with Crippen molar-refractivity contribution in [3.05, 3.63) is 12.7 Å². The molecule has 2 saturated carbocycles. The number of hydrogen-bond acceptors (Lipinski definition) is 0. The molecular formula is C25H52O. The summed E-state index contributed by atoms with van der Waals surface area (Å²) >= 11 is 0. The fourth-order valence-corrected chi connectivity index (χ4v) is 6.24. The topological polar surface area (TPSA) is 31.5 Å². The van der Waals surface area contributed by atoms with Gasteiger partial charge in [0.15, 0.2) is 0 Å². The highest BCUT2D eigenvalue weighted by Crippen LogP contribution is 2.44. The molecule has 0 radical (unpaired) electrons. The van der Waals surface area contributed by atoms with Gasteiger partial charge in [-0.3, -0.25) is 0 Å². The van der Waals surface area contributed by atoms with E-state index in [0.717, 1.165) is 47.3 Å². The summed E-state index contributed by atoms with van der Waals surface area (Å²) < 4.78 is 0. The van der Waals surface area contributed by atoms with E-state index in [2.05, 4.69) is 47.3 Å². The molecule has 0 spiro atoms. The molecule has 2 aliphatic rings. The van der Waals surface area contributed by atoms with E-state index >= 15 is 0 Å². The second-order valence-electron chi connectivity index (χ2n) is 9.97. The summed E-state index contributed by atoms with van der Waals surface area (Å²) in [6.07, 6.45) is 16.9. The van der Waals surface area contributed by atoms with Crippen LogP contribution in [0.25, 0.3) is 0 Å². The van der Waals surface area contributed by atoms with E-state index in [1.165, 1.54) is 64.2 Å². The quantitative estimate of drug-likeness (QED) is 0.324. The average Bonchev–Trinajstić information content (AvgIpc) is 2.87. The second-order valence-corrected chi connectivity index (χ2v) is 9.97. The average molecular weight is 369 g/mol. The van der Waals surface area contributed by atoms with E-state index < -0.39 is 0 Å². The maximum Gasteiger partial charge on any atom is 0 e. The van der Waals surface area contributed by atoms with Crippen LogP contribution in [0.5, 0.6) is 0 Å². The second kappa shape index (κ2) is 11.5. The van der Waals surface area contributed by atoms with Gasteiger partial charge >= 0.3 is 0 Å². The van der Waals surface area contributed by atoms with Crippen LogP contribution in [0.4, 0.5) is 0 Å². The largest absolute Gasteiger partial charge is 0.412 e. The highest BCUT2D eigenvalue weighted by Gasteiger charge is 2.33. The lowest BCUT2D eigenvalue weighted by atomic mass is 9.69. The molecule has 1 heteroatoms.